The smallest absolute Gasteiger partial charge is 0.133 e. The highest BCUT2D eigenvalue weighted by Crippen LogP contribution is 2.32. The van der Waals surface area contributed by atoms with Crippen LogP contribution in [0, 0.1) is 0 Å². The molecule has 1 aromatic heterocycles. The largest absolute Gasteiger partial charge is 0.339 e. The van der Waals surface area contributed by atoms with E-state index in [-0.39, 0.29) is 0 Å². The Bertz CT molecular complexity index is 1100. The van der Waals surface area contributed by atoms with Gasteiger partial charge < -0.3 is 5.32 Å². The van der Waals surface area contributed by atoms with Crippen molar-refractivity contribution in [1.82, 2.24) is 9.78 Å². The second-order valence-corrected chi connectivity index (χ2v) is 6.34. The van der Waals surface area contributed by atoms with Gasteiger partial charge >= 0.3 is 0 Å². The molecule has 0 saturated heterocycles. The number of anilines is 1. The number of hydrogen-bond donors (Lipinski definition) is 1. The number of hydrogen-bond acceptors (Lipinski definition) is 2. The first kappa shape index (κ1) is 14.2. The lowest BCUT2D eigenvalue weighted by molar-refractivity contribution is 0.603. The number of aliphatic imine (C=N–C) groups is 1. The van der Waals surface area contributed by atoms with Crippen LogP contribution in [0.3, 0.4) is 0 Å². The van der Waals surface area contributed by atoms with Gasteiger partial charge in [-0.1, -0.05) is 48.5 Å². The van der Waals surface area contributed by atoms with E-state index in [4.69, 9.17) is 4.99 Å². The van der Waals surface area contributed by atoms with E-state index < -0.39 is 0 Å². The highest BCUT2D eigenvalue weighted by molar-refractivity contribution is 6.25. The van der Waals surface area contributed by atoms with Crippen molar-refractivity contribution in [3.05, 3.63) is 72.4 Å². The van der Waals surface area contributed by atoms with Crippen molar-refractivity contribution in [3.63, 3.8) is 0 Å². The van der Waals surface area contributed by atoms with Crippen LogP contribution in [0.2, 0.25) is 0 Å². The molecule has 0 aliphatic carbocycles. The fourth-order valence-corrected chi connectivity index (χ4v) is 3.58. The molecule has 122 valence electrons. The molecule has 4 aromatic rings. The molecule has 0 spiro atoms. The molecule has 0 fully saturated rings. The summed E-state index contributed by atoms with van der Waals surface area (Å²) in [5.41, 5.74) is 3.55. The Labute approximate surface area is 145 Å². The Hall–Kier alpha value is -3.14. The fourth-order valence-electron chi connectivity index (χ4n) is 3.58. The molecule has 4 nitrogen and oxygen atoms in total. The van der Waals surface area contributed by atoms with Crippen LogP contribution >= 0.6 is 0 Å². The van der Waals surface area contributed by atoms with Crippen LogP contribution in [0.25, 0.3) is 21.7 Å². The number of amidine groups is 1. The van der Waals surface area contributed by atoms with Crippen molar-refractivity contribution < 1.29 is 0 Å². The zero-order chi connectivity index (χ0) is 16.6. The van der Waals surface area contributed by atoms with E-state index in [1.54, 1.807) is 0 Å². The number of aromatic nitrogens is 2. The molecule has 0 radical (unpaired) electrons. The van der Waals surface area contributed by atoms with Crippen molar-refractivity contribution in [1.29, 1.82) is 0 Å². The van der Waals surface area contributed by atoms with Crippen molar-refractivity contribution in [2.24, 2.45) is 4.99 Å². The van der Waals surface area contributed by atoms with E-state index in [1.165, 1.54) is 27.2 Å². The van der Waals surface area contributed by atoms with Gasteiger partial charge in [0.25, 0.3) is 0 Å². The molecule has 2 heterocycles. The third-order valence-electron chi connectivity index (χ3n) is 4.76. The van der Waals surface area contributed by atoms with Gasteiger partial charge in [-0.25, -0.2) is 0 Å². The third-order valence-corrected chi connectivity index (χ3v) is 4.76. The minimum atomic E-state index is 0.779. The van der Waals surface area contributed by atoms with Crippen LogP contribution in [0.4, 0.5) is 5.69 Å². The number of fused-ring (bicyclic) bond motifs is 1. The predicted octanol–water partition coefficient (Wildman–Crippen LogP) is 4.45. The fraction of sp³-hybridized carbons (Fsp3) is 0.143. The molecule has 0 atom stereocenters. The van der Waals surface area contributed by atoms with Crippen LogP contribution in [-0.2, 0) is 6.54 Å². The lowest BCUT2D eigenvalue weighted by atomic mass is 10.1. The van der Waals surface area contributed by atoms with Crippen LogP contribution in [-0.4, -0.2) is 22.2 Å². The summed E-state index contributed by atoms with van der Waals surface area (Å²) in [6.45, 7) is 1.66. The zero-order valence-electron chi connectivity index (χ0n) is 13.8. The van der Waals surface area contributed by atoms with Gasteiger partial charge in [0, 0.05) is 35.1 Å². The zero-order valence-corrected chi connectivity index (χ0v) is 13.8. The lowest BCUT2D eigenvalue weighted by Crippen LogP contribution is -2.09. The first-order valence-electron chi connectivity index (χ1n) is 8.64. The van der Waals surface area contributed by atoms with Gasteiger partial charge in [-0.15, -0.1) is 0 Å². The highest BCUT2D eigenvalue weighted by Gasteiger charge is 2.18. The van der Waals surface area contributed by atoms with Crippen molar-refractivity contribution >= 4 is 33.2 Å². The van der Waals surface area contributed by atoms with Crippen molar-refractivity contribution in [2.75, 3.05) is 11.9 Å². The second kappa shape index (κ2) is 5.74. The summed E-state index contributed by atoms with van der Waals surface area (Å²) < 4.78 is 2.06. The molecule has 1 aliphatic rings. The maximum Gasteiger partial charge on any atom is 0.133 e. The van der Waals surface area contributed by atoms with Gasteiger partial charge in [0.2, 0.25) is 0 Å². The molecule has 0 amide bonds. The molecule has 3 aromatic carbocycles. The minimum absolute atomic E-state index is 0.779. The minimum Gasteiger partial charge on any atom is -0.339 e. The quantitative estimate of drug-likeness (QED) is 0.563. The number of benzene rings is 3. The van der Waals surface area contributed by atoms with E-state index in [1.807, 2.05) is 12.3 Å². The summed E-state index contributed by atoms with van der Waals surface area (Å²) in [5, 5.41) is 11.7. The van der Waals surface area contributed by atoms with Gasteiger partial charge in [-0.3, -0.25) is 9.67 Å². The van der Waals surface area contributed by atoms with E-state index in [2.05, 4.69) is 69.7 Å². The molecule has 0 bridgehead atoms. The number of nitrogens with zero attached hydrogens (tertiary/aromatic N) is 3. The summed E-state index contributed by atoms with van der Waals surface area (Å²) in [6, 6.07) is 21.1. The first-order valence-corrected chi connectivity index (χ1v) is 8.64. The van der Waals surface area contributed by atoms with E-state index >= 15 is 0 Å². The normalized spacial score (nSPS) is 14.5. The van der Waals surface area contributed by atoms with Gasteiger partial charge in [-0.2, -0.15) is 5.10 Å². The van der Waals surface area contributed by atoms with E-state index in [0.717, 1.165) is 31.0 Å². The van der Waals surface area contributed by atoms with Gasteiger partial charge in [0.1, 0.15) is 5.84 Å². The Morgan fingerprint density at radius 3 is 2.72 bits per heavy atom. The van der Waals surface area contributed by atoms with Crippen LogP contribution < -0.4 is 5.32 Å². The van der Waals surface area contributed by atoms with Crippen molar-refractivity contribution in [3.8, 4) is 0 Å². The Morgan fingerprint density at radius 2 is 1.76 bits per heavy atom. The summed E-state index contributed by atoms with van der Waals surface area (Å²) in [4.78, 5) is 4.81. The van der Waals surface area contributed by atoms with E-state index in [0.29, 0.717) is 0 Å². The third kappa shape index (κ3) is 2.38. The first-order chi connectivity index (χ1) is 12.4. The highest BCUT2D eigenvalue weighted by atomic mass is 15.3. The lowest BCUT2D eigenvalue weighted by Gasteiger charge is -2.04. The molecular weight excluding hydrogens is 308 g/mol. The van der Waals surface area contributed by atoms with Crippen LogP contribution in [0.15, 0.2) is 71.9 Å². The molecule has 25 heavy (non-hydrogen) atoms. The summed E-state index contributed by atoms with van der Waals surface area (Å²) in [5.74, 6) is 0.983. The predicted molar refractivity (Wildman–Crippen MR) is 103 cm³/mol. The molecule has 4 heteroatoms. The molecule has 1 aliphatic heterocycles. The Balaban J connectivity index is 1.33. The molecule has 0 unspecified atom stereocenters. The number of rotatable bonds is 4. The van der Waals surface area contributed by atoms with Gasteiger partial charge in [0.15, 0.2) is 0 Å². The maximum absolute atomic E-state index is 4.81. The van der Waals surface area contributed by atoms with Gasteiger partial charge in [0.05, 0.1) is 11.7 Å². The van der Waals surface area contributed by atoms with E-state index in [9.17, 15) is 0 Å². The average molecular weight is 326 g/mol. The standard InChI is InChI=1S/C21H18N4/c1-2-11-19-16(6-1)14-23-25(19)13-5-12-22-21-17-9-3-7-15-8-4-10-18(24-21)20(15)17/h1-4,6-11,14H,5,12-13H2,(H,22,24). The number of aryl methyl sites for hydroxylation is 1. The summed E-state index contributed by atoms with van der Waals surface area (Å²) >= 11 is 0. The molecular formula is C21H18N4. The number of nitrogens with one attached hydrogen (secondary N) is 1. The van der Waals surface area contributed by atoms with Crippen molar-refractivity contribution in [2.45, 2.75) is 13.0 Å². The second-order valence-electron chi connectivity index (χ2n) is 6.34. The number of para-hydroxylation sites is 1. The molecule has 0 saturated carbocycles. The maximum atomic E-state index is 4.81. The Morgan fingerprint density at radius 1 is 0.920 bits per heavy atom. The molecule has 5 rings (SSSR count). The SMILES string of the molecule is c1cc2c3c(cccc3c1)C(=NCCCn1ncc3ccccc31)N2. The van der Waals surface area contributed by atoms with Crippen LogP contribution in [0.5, 0.6) is 0 Å². The average Bonchev–Trinajstić information content (AvgIpc) is 3.23. The molecule has 1 N–H and O–H groups in total. The van der Waals surface area contributed by atoms with Gasteiger partial charge in [-0.05, 0) is 23.9 Å². The summed E-state index contributed by atoms with van der Waals surface area (Å²) in [7, 11) is 0. The van der Waals surface area contributed by atoms with Crippen LogP contribution in [0.1, 0.15) is 12.0 Å². The topological polar surface area (TPSA) is 42.2 Å². The monoisotopic (exact) mass is 326 g/mol. The summed E-state index contributed by atoms with van der Waals surface area (Å²) in [6.07, 6.45) is 2.89. The Kier molecular flexibility index (Phi) is 3.27.